The fraction of sp³-hybridized carbons (Fsp3) is 0.440. The number of likely N-dealkylation sites (tertiary alicyclic amines) is 1. The van der Waals surface area contributed by atoms with Crippen molar-refractivity contribution < 1.29 is 9.32 Å². The van der Waals surface area contributed by atoms with E-state index in [1.165, 1.54) is 18.4 Å². The van der Waals surface area contributed by atoms with Gasteiger partial charge in [0.1, 0.15) is 0 Å². The Labute approximate surface area is 182 Å². The second-order valence-corrected chi connectivity index (χ2v) is 9.22. The van der Waals surface area contributed by atoms with Gasteiger partial charge in [-0.15, -0.1) is 0 Å². The van der Waals surface area contributed by atoms with Gasteiger partial charge in [-0.25, -0.2) is 0 Å². The lowest BCUT2D eigenvalue weighted by molar-refractivity contribution is 0.0607. The van der Waals surface area contributed by atoms with Gasteiger partial charge in [-0.3, -0.25) is 9.78 Å². The molecule has 6 nitrogen and oxygen atoms in total. The topological polar surface area (TPSA) is 72.1 Å². The number of rotatable bonds is 5. The minimum Gasteiger partial charge on any atom is -0.338 e. The fourth-order valence-corrected chi connectivity index (χ4v) is 4.72. The van der Waals surface area contributed by atoms with E-state index >= 15 is 0 Å². The molecule has 1 saturated heterocycles. The maximum atomic E-state index is 13.4. The first-order valence-corrected chi connectivity index (χ1v) is 11.2. The van der Waals surface area contributed by atoms with Crippen molar-refractivity contribution in [3.63, 3.8) is 0 Å². The van der Waals surface area contributed by atoms with Crippen molar-refractivity contribution in [3.8, 4) is 11.5 Å². The average Bonchev–Trinajstić information content (AvgIpc) is 3.45. The van der Waals surface area contributed by atoms with E-state index in [1.807, 2.05) is 35.2 Å². The number of nitrogens with zero attached hydrogens (tertiary/aromatic N) is 4. The summed E-state index contributed by atoms with van der Waals surface area (Å²) >= 11 is 0. The van der Waals surface area contributed by atoms with Crippen molar-refractivity contribution in [2.45, 2.75) is 51.4 Å². The summed E-state index contributed by atoms with van der Waals surface area (Å²) in [5.74, 6) is 2.02. The van der Waals surface area contributed by atoms with Crippen LogP contribution < -0.4 is 0 Å². The summed E-state index contributed by atoms with van der Waals surface area (Å²) in [6.45, 7) is 5.53. The summed E-state index contributed by atoms with van der Waals surface area (Å²) in [4.78, 5) is 24.3. The van der Waals surface area contributed by atoms with E-state index in [-0.39, 0.29) is 11.3 Å². The maximum Gasteiger partial charge on any atom is 0.259 e. The number of carbonyl (C=O) groups is 1. The third kappa shape index (κ3) is 3.99. The molecule has 0 bridgehead atoms. The number of aromatic nitrogens is 3. The summed E-state index contributed by atoms with van der Waals surface area (Å²) in [5.41, 5.74) is 3.68. The molecule has 3 heterocycles. The molecule has 0 spiro atoms. The number of piperidine rings is 1. The largest absolute Gasteiger partial charge is 0.338 e. The monoisotopic (exact) mass is 416 g/mol. The van der Waals surface area contributed by atoms with Crippen LogP contribution in [0.25, 0.3) is 11.5 Å². The smallest absolute Gasteiger partial charge is 0.259 e. The summed E-state index contributed by atoms with van der Waals surface area (Å²) < 4.78 is 5.64. The Morgan fingerprint density at radius 2 is 2.10 bits per heavy atom. The van der Waals surface area contributed by atoms with Crippen molar-refractivity contribution in [1.82, 2.24) is 20.0 Å². The van der Waals surface area contributed by atoms with Crippen molar-refractivity contribution >= 4 is 5.91 Å². The molecular formula is C25H28N4O2. The number of benzene rings is 1. The number of carbonyl (C=O) groups excluding carboxylic acids is 1. The molecule has 0 radical (unpaired) electrons. The van der Waals surface area contributed by atoms with Crippen LogP contribution in [0.3, 0.4) is 0 Å². The van der Waals surface area contributed by atoms with Gasteiger partial charge in [0.15, 0.2) is 5.82 Å². The second-order valence-electron chi connectivity index (χ2n) is 9.22. The number of pyridine rings is 1. The number of hydrogen-bond donors (Lipinski definition) is 0. The molecule has 1 atom stereocenters. The molecule has 31 heavy (non-hydrogen) atoms. The van der Waals surface area contributed by atoms with Gasteiger partial charge in [-0.2, -0.15) is 4.98 Å². The Bertz CT molecular complexity index is 1090. The zero-order valence-corrected chi connectivity index (χ0v) is 18.2. The minimum absolute atomic E-state index is 0.0962. The molecular weight excluding hydrogens is 388 g/mol. The summed E-state index contributed by atoms with van der Waals surface area (Å²) in [7, 11) is 0. The van der Waals surface area contributed by atoms with Gasteiger partial charge in [-0.05, 0) is 74.4 Å². The van der Waals surface area contributed by atoms with E-state index in [1.54, 1.807) is 12.4 Å². The minimum atomic E-state index is -0.251. The molecule has 2 fully saturated rings. The van der Waals surface area contributed by atoms with E-state index in [2.05, 4.69) is 24.0 Å². The van der Waals surface area contributed by atoms with Gasteiger partial charge in [0.25, 0.3) is 11.8 Å². The van der Waals surface area contributed by atoms with Crippen molar-refractivity contribution in [1.29, 1.82) is 0 Å². The number of amides is 1. The molecule has 1 amide bonds. The van der Waals surface area contributed by atoms with Crippen LogP contribution >= 0.6 is 0 Å². The van der Waals surface area contributed by atoms with Gasteiger partial charge in [0.2, 0.25) is 0 Å². The quantitative estimate of drug-likeness (QED) is 0.602. The summed E-state index contributed by atoms with van der Waals surface area (Å²) in [6.07, 6.45) is 8.90. The first kappa shape index (κ1) is 19.9. The molecule has 6 heteroatoms. The lowest BCUT2D eigenvalue weighted by Gasteiger charge is -2.41. The van der Waals surface area contributed by atoms with Crippen molar-refractivity contribution in [2.24, 2.45) is 5.92 Å². The predicted octanol–water partition coefficient (Wildman–Crippen LogP) is 4.72. The highest BCUT2D eigenvalue weighted by molar-refractivity contribution is 5.94. The Kier molecular flexibility index (Phi) is 5.08. The molecule has 1 aromatic carbocycles. The highest BCUT2D eigenvalue weighted by atomic mass is 16.5. The highest BCUT2D eigenvalue weighted by Gasteiger charge is 2.46. The lowest BCUT2D eigenvalue weighted by atomic mass is 9.74. The van der Waals surface area contributed by atoms with Gasteiger partial charge in [0.05, 0.1) is 11.0 Å². The van der Waals surface area contributed by atoms with Crippen molar-refractivity contribution in [2.75, 3.05) is 13.1 Å². The zero-order chi connectivity index (χ0) is 21.4. The zero-order valence-electron chi connectivity index (χ0n) is 18.2. The first-order chi connectivity index (χ1) is 15.0. The van der Waals surface area contributed by atoms with Gasteiger partial charge in [-0.1, -0.05) is 24.1 Å². The Morgan fingerprint density at radius 3 is 2.84 bits per heavy atom. The first-order valence-electron chi connectivity index (χ1n) is 11.2. The van der Waals surface area contributed by atoms with Crippen LogP contribution in [0.1, 0.15) is 59.4 Å². The highest BCUT2D eigenvalue weighted by Crippen LogP contribution is 2.46. The Morgan fingerprint density at radius 1 is 1.23 bits per heavy atom. The van der Waals surface area contributed by atoms with Crippen LogP contribution in [0.15, 0.2) is 47.2 Å². The van der Waals surface area contributed by atoms with Crippen molar-refractivity contribution in [3.05, 3.63) is 65.2 Å². The van der Waals surface area contributed by atoms with Crippen LogP contribution in [0.2, 0.25) is 0 Å². The Balaban J connectivity index is 1.44. The van der Waals surface area contributed by atoms with Gasteiger partial charge in [0, 0.05) is 31.0 Å². The number of aryl methyl sites for hydroxylation is 2. The molecule has 2 aliphatic rings. The molecule has 1 unspecified atom stereocenters. The van der Waals surface area contributed by atoms with E-state index < -0.39 is 0 Å². The molecule has 160 valence electrons. The van der Waals surface area contributed by atoms with E-state index in [0.717, 1.165) is 48.3 Å². The SMILES string of the molecule is Cc1ccc(C(=O)N2CCCC(CC3CC3)(c3noc(-c4cccnc4)n3)C2)cc1C. The number of hydrogen-bond acceptors (Lipinski definition) is 5. The second kappa shape index (κ2) is 7.91. The predicted molar refractivity (Wildman–Crippen MR) is 118 cm³/mol. The van der Waals surface area contributed by atoms with Gasteiger partial charge < -0.3 is 9.42 Å². The maximum absolute atomic E-state index is 13.4. The van der Waals surface area contributed by atoms with Crippen LogP contribution in [0.5, 0.6) is 0 Å². The standard InChI is InChI=1S/C25H28N4O2/c1-17-6-9-20(13-18(17)2)23(30)29-12-4-10-25(16-29,14-19-7-8-19)24-27-22(31-28-24)21-5-3-11-26-15-21/h3,5-6,9,11,13,15,19H,4,7-8,10,12,14,16H2,1-2H3. The fourth-order valence-electron chi connectivity index (χ4n) is 4.72. The Hall–Kier alpha value is -3.02. The summed E-state index contributed by atoms with van der Waals surface area (Å²) in [5, 5.41) is 4.41. The van der Waals surface area contributed by atoms with Crippen LogP contribution in [0, 0.1) is 19.8 Å². The molecule has 0 N–H and O–H groups in total. The molecule has 3 aromatic rings. The van der Waals surface area contributed by atoms with E-state index in [9.17, 15) is 4.79 Å². The van der Waals surface area contributed by atoms with Crippen LogP contribution in [-0.4, -0.2) is 39.0 Å². The van der Waals surface area contributed by atoms with E-state index in [0.29, 0.717) is 18.4 Å². The van der Waals surface area contributed by atoms with Crippen LogP contribution in [0.4, 0.5) is 0 Å². The lowest BCUT2D eigenvalue weighted by Crippen LogP contribution is -2.49. The average molecular weight is 417 g/mol. The molecule has 5 rings (SSSR count). The van der Waals surface area contributed by atoms with Gasteiger partial charge >= 0.3 is 0 Å². The third-order valence-electron chi connectivity index (χ3n) is 6.80. The molecule has 1 saturated carbocycles. The van der Waals surface area contributed by atoms with Crippen LogP contribution in [-0.2, 0) is 5.41 Å². The normalized spacial score (nSPS) is 21.3. The molecule has 1 aliphatic carbocycles. The summed E-state index contributed by atoms with van der Waals surface area (Å²) in [6, 6.07) is 9.77. The third-order valence-corrected chi connectivity index (χ3v) is 6.80. The molecule has 1 aliphatic heterocycles. The van der Waals surface area contributed by atoms with E-state index in [4.69, 9.17) is 9.51 Å². The molecule has 2 aromatic heterocycles.